The van der Waals surface area contributed by atoms with Crippen molar-refractivity contribution in [3.05, 3.63) is 62.8 Å². The lowest BCUT2D eigenvalue weighted by molar-refractivity contribution is -0.384. The normalized spacial score (nSPS) is 11.0. The van der Waals surface area contributed by atoms with E-state index in [-0.39, 0.29) is 10.6 Å². The van der Waals surface area contributed by atoms with Crippen molar-refractivity contribution < 1.29 is 9.35 Å². The molecule has 1 aromatic carbocycles. The highest BCUT2D eigenvalue weighted by molar-refractivity contribution is 6.49. The molecule has 0 saturated carbocycles. The molecule has 0 bridgehead atoms. The SMILES string of the molecule is CCCCc1cc(C)c(CCc2ccc([N+](=O)[O-])cc2)nc1O[Si](C)C. The summed E-state index contributed by atoms with van der Waals surface area (Å²) in [7, 11) is -0.868. The Kier molecular flexibility index (Phi) is 7.33. The summed E-state index contributed by atoms with van der Waals surface area (Å²) < 4.78 is 6.05. The maximum atomic E-state index is 10.8. The van der Waals surface area contributed by atoms with Gasteiger partial charge in [-0.2, -0.15) is 0 Å². The van der Waals surface area contributed by atoms with Crippen molar-refractivity contribution >= 4 is 14.7 Å². The molecule has 0 amide bonds. The molecule has 1 aromatic heterocycles. The maximum absolute atomic E-state index is 10.8. The molecule has 0 atom stereocenters. The number of nitro groups is 1. The lowest BCUT2D eigenvalue weighted by atomic mass is 10.0. The zero-order valence-electron chi connectivity index (χ0n) is 16.0. The Hall–Kier alpha value is -2.21. The average molecular weight is 372 g/mol. The third-order valence-electron chi connectivity index (χ3n) is 4.26. The van der Waals surface area contributed by atoms with Crippen LogP contribution in [-0.4, -0.2) is 18.9 Å². The number of benzene rings is 1. The third kappa shape index (κ3) is 5.66. The summed E-state index contributed by atoms with van der Waals surface area (Å²) in [5.41, 5.74) is 4.63. The summed E-state index contributed by atoms with van der Waals surface area (Å²) >= 11 is 0. The van der Waals surface area contributed by atoms with E-state index in [1.807, 2.05) is 12.1 Å². The van der Waals surface area contributed by atoms with Crippen molar-refractivity contribution in [2.45, 2.75) is 59.0 Å². The van der Waals surface area contributed by atoms with Crippen LogP contribution in [0.25, 0.3) is 0 Å². The van der Waals surface area contributed by atoms with Crippen molar-refractivity contribution in [1.29, 1.82) is 0 Å². The van der Waals surface area contributed by atoms with Gasteiger partial charge >= 0.3 is 0 Å². The van der Waals surface area contributed by atoms with Crippen LogP contribution in [0.4, 0.5) is 5.69 Å². The number of nitrogens with zero attached hydrogens (tertiary/aromatic N) is 2. The second-order valence-corrected chi connectivity index (χ2v) is 8.77. The van der Waals surface area contributed by atoms with Crippen LogP contribution in [0.15, 0.2) is 30.3 Å². The highest BCUT2D eigenvalue weighted by Gasteiger charge is 2.13. The fraction of sp³-hybridized carbons (Fsp3) is 0.450. The van der Waals surface area contributed by atoms with Gasteiger partial charge in [-0.25, -0.2) is 4.98 Å². The van der Waals surface area contributed by atoms with Gasteiger partial charge in [0.2, 0.25) is 5.88 Å². The molecule has 1 radical (unpaired) electrons. The first kappa shape index (κ1) is 20.1. The predicted molar refractivity (Wildman–Crippen MR) is 106 cm³/mol. The number of aromatic nitrogens is 1. The molecule has 2 rings (SSSR count). The maximum Gasteiger partial charge on any atom is 0.276 e. The van der Waals surface area contributed by atoms with Crippen LogP contribution in [0, 0.1) is 17.0 Å². The molecule has 1 heterocycles. The minimum Gasteiger partial charge on any atom is -0.530 e. The summed E-state index contributed by atoms with van der Waals surface area (Å²) in [5, 5.41) is 10.8. The van der Waals surface area contributed by atoms with Crippen LogP contribution in [0.1, 0.15) is 42.1 Å². The lowest BCUT2D eigenvalue weighted by Crippen LogP contribution is -2.15. The molecule has 2 aromatic rings. The van der Waals surface area contributed by atoms with Gasteiger partial charge in [0.1, 0.15) is 0 Å². The number of non-ortho nitro benzene ring substituents is 1. The molecule has 0 aliphatic rings. The first-order valence-corrected chi connectivity index (χ1v) is 11.5. The number of hydrogen-bond acceptors (Lipinski definition) is 4. The molecule has 0 aliphatic carbocycles. The molecule has 5 nitrogen and oxygen atoms in total. The Balaban J connectivity index is 2.15. The van der Waals surface area contributed by atoms with Crippen molar-refractivity contribution in [1.82, 2.24) is 4.98 Å². The van der Waals surface area contributed by atoms with E-state index in [0.717, 1.165) is 49.2 Å². The first-order valence-electron chi connectivity index (χ1n) is 9.11. The van der Waals surface area contributed by atoms with Crippen molar-refractivity contribution in [3.63, 3.8) is 0 Å². The summed E-state index contributed by atoms with van der Waals surface area (Å²) in [6.45, 7) is 8.52. The Bertz CT molecular complexity index is 745. The van der Waals surface area contributed by atoms with E-state index in [1.165, 1.54) is 11.1 Å². The van der Waals surface area contributed by atoms with Gasteiger partial charge < -0.3 is 4.43 Å². The zero-order chi connectivity index (χ0) is 19.1. The van der Waals surface area contributed by atoms with E-state index in [0.29, 0.717) is 0 Å². The van der Waals surface area contributed by atoms with E-state index in [4.69, 9.17) is 9.41 Å². The standard InChI is InChI=1S/C20H27N2O3Si/c1-5-6-7-17-14-15(2)19(21-20(17)25-26(3)4)13-10-16-8-11-18(12-9-16)22(23)24/h8-9,11-12,14H,5-7,10,13H2,1-4H3. The number of aryl methyl sites for hydroxylation is 4. The van der Waals surface area contributed by atoms with Gasteiger partial charge in [0.15, 0.2) is 0 Å². The summed E-state index contributed by atoms with van der Waals surface area (Å²) in [6.07, 6.45) is 4.88. The monoisotopic (exact) mass is 371 g/mol. The number of unbranched alkanes of at least 4 members (excludes halogenated alkanes) is 1. The zero-order valence-corrected chi connectivity index (χ0v) is 17.0. The first-order chi connectivity index (χ1) is 12.4. The van der Waals surface area contributed by atoms with Gasteiger partial charge in [-0.05, 0) is 62.9 Å². The minimum absolute atomic E-state index is 0.125. The fourth-order valence-corrected chi connectivity index (χ4v) is 3.38. The van der Waals surface area contributed by atoms with Crippen LogP contribution in [-0.2, 0) is 19.3 Å². The number of hydrogen-bond donors (Lipinski definition) is 0. The van der Waals surface area contributed by atoms with E-state index in [2.05, 4.69) is 33.0 Å². The van der Waals surface area contributed by atoms with E-state index in [9.17, 15) is 10.1 Å². The lowest BCUT2D eigenvalue weighted by Gasteiger charge is -2.16. The number of nitro benzene ring substituents is 1. The molecule has 0 spiro atoms. The van der Waals surface area contributed by atoms with E-state index >= 15 is 0 Å². The smallest absolute Gasteiger partial charge is 0.276 e. The Morgan fingerprint density at radius 2 is 1.85 bits per heavy atom. The van der Waals surface area contributed by atoms with Crippen LogP contribution in [0.2, 0.25) is 13.1 Å². The number of pyridine rings is 1. The van der Waals surface area contributed by atoms with Gasteiger partial charge in [0, 0.05) is 23.4 Å². The fourth-order valence-electron chi connectivity index (χ4n) is 2.82. The minimum atomic E-state index is -0.868. The molecule has 6 heteroatoms. The highest BCUT2D eigenvalue weighted by atomic mass is 28.3. The third-order valence-corrected chi connectivity index (χ3v) is 4.86. The molecule has 139 valence electrons. The second kappa shape index (κ2) is 9.47. The Morgan fingerprint density at radius 3 is 2.42 bits per heavy atom. The van der Waals surface area contributed by atoms with Crippen LogP contribution < -0.4 is 4.43 Å². The van der Waals surface area contributed by atoms with Gasteiger partial charge in [-0.15, -0.1) is 0 Å². The predicted octanol–water partition coefficient (Wildman–Crippen LogP) is 5.06. The van der Waals surface area contributed by atoms with Crippen LogP contribution in [0.5, 0.6) is 5.88 Å². The highest BCUT2D eigenvalue weighted by Crippen LogP contribution is 2.24. The average Bonchev–Trinajstić information content (AvgIpc) is 2.60. The van der Waals surface area contributed by atoms with Crippen molar-refractivity contribution in [2.24, 2.45) is 0 Å². The topological polar surface area (TPSA) is 65.3 Å². The second-order valence-electron chi connectivity index (χ2n) is 6.75. The van der Waals surface area contributed by atoms with Crippen LogP contribution >= 0.6 is 0 Å². The van der Waals surface area contributed by atoms with Crippen LogP contribution in [0.3, 0.4) is 0 Å². The molecule has 0 saturated heterocycles. The van der Waals surface area contributed by atoms with Gasteiger partial charge in [-0.3, -0.25) is 10.1 Å². The molecule has 0 fully saturated rings. The number of rotatable bonds is 9. The molecule has 0 aliphatic heterocycles. The Labute approximate surface area is 157 Å². The molecular formula is C20H27N2O3Si. The summed E-state index contributed by atoms with van der Waals surface area (Å²) in [5.74, 6) is 0.793. The van der Waals surface area contributed by atoms with Crippen molar-refractivity contribution in [2.75, 3.05) is 0 Å². The van der Waals surface area contributed by atoms with Gasteiger partial charge in [-0.1, -0.05) is 25.5 Å². The van der Waals surface area contributed by atoms with Crippen molar-refractivity contribution in [3.8, 4) is 5.88 Å². The van der Waals surface area contributed by atoms with Gasteiger partial charge in [0.25, 0.3) is 14.7 Å². The molecular weight excluding hydrogens is 344 g/mol. The summed E-state index contributed by atoms with van der Waals surface area (Å²) in [6, 6.07) is 8.97. The molecule has 0 N–H and O–H groups in total. The van der Waals surface area contributed by atoms with Gasteiger partial charge in [0.05, 0.1) is 4.92 Å². The molecule has 0 unspecified atom stereocenters. The Morgan fingerprint density at radius 1 is 1.15 bits per heavy atom. The summed E-state index contributed by atoms with van der Waals surface area (Å²) in [4.78, 5) is 15.2. The van der Waals surface area contributed by atoms with E-state index in [1.54, 1.807) is 12.1 Å². The van der Waals surface area contributed by atoms with E-state index < -0.39 is 9.04 Å². The quantitative estimate of drug-likeness (QED) is 0.351. The largest absolute Gasteiger partial charge is 0.530 e. The molecule has 26 heavy (non-hydrogen) atoms.